The van der Waals surface area contributed by atoms with Crippen LogP contribution >= 0.6 is 12.4 Å². The molecule has 2 aliphatic heterocycles. The van der Waals surface area contributed by atoms with Crippen LogP contribution in [0, 0.1) is 18.8 Å². The smallest absolute Gasteiger partial charge is 0.257 e. The third-order valence-electron chi connectivity index (χ3n) is 5.08. The number of aryl methyl sites for hydroxylation is 1. The van der Waals surface area contributed by atoms with Crippen LogP contribution < -0.4 is 5.32 Å². The van der Waals surface area contributed by atoms with E-state index in [9.17, 15) is 4.79 Å². The lowest BCUT2D eigenvalue weighted by Gasteiger charge is -2.29. The van der Waals surface area contributed by atoms with E-state index in [1.807, 2.05) is 4.90 Å². The van der Waals surface area contributed by atoms with Gasteiger partial charge in [-0.2, -0.15) is 5.10 Å². The van der Waals surface area contributed by atoms with E-state index in [1.54, 1.807) is 12.4 Å². The van der Waals surface area contributed by atoms with Gasteiger partial charge < -0.3 is 10.2 Å². The van der Waals surface area contributed by atoms with Gasteiger partial charge in [0.2, 0.25) is 0 Å². The summed E-state index contributed by atoms with van der Waals surface area (Å²) in [6.07, 6.45) is 3.30. The highest BCUT2D eigenvalue weighted by atomic mass is 35.5. The molecule has 0 aliphatic carbocycles. The van der Waals surface area contributed by atoms with E-state index in [0.717, 1.165) is 19.6 Å². The Hall–Kier alpha value is -1.85. The minimum Gasteiger partial charge on any atom is -0.331 e. The predicted octanol–water partition coefficient (Wildman–Crippen LogP) is 2.17. The van der Waals surface area contributed by atoms with Crippen LogP contribution in [0.2, 0.25) is 0 Å². The van der Waals surface area contributed by atoms with Gasteiger partial charge in [-0.3, -0.25) is 9.89 Å². The van der Waals surface area contributed by atoms with Crippen molar-refractivity contribution in [2.24, 2.45) is 11.8 Å². The monoisotopic (exact) mass is 332 g/mol. The molecule has 1 aromatic heterocycles. The summed E-state index contributed by atoms with van der Waals surface area (Å²) < 4.78 is 0. The Morgan fingerprint density at radius 1 is 1.30 bits per heavy atom. The van der Waals surface area contributed by atoms with Crippen LogP contribution in [0.15, 0.2) is 36.7 Å². The SMILES string of the molecule is Cc1ccccc1[C@@H]1[C@H]2CNC[C@H]2CN1C(=O)c1cn[nH]c1.Cl. The molecular formula is C17H21ClN4O. The number of amides is 1. The molecule has 0 radical (unpaired) electrons. The number of fused-ring (bicyclic) bond motifs is 1. The Morgan fingerprint density at radius 2 is 2.13 bits per heavy atom. The van der Waals surface area contributed by atoms with E-state index >= 15 is 0 Å². The Balaban J connectivity index is 0.00000156. The molecule has 2 aliphatic rings. The van der Waals surface area contributed by atoms with Crippen LogP contribution in [0.5, 0.6) is 0 Å². The van der Waals surface area contributed by atoms with Crippen LogP contribution in [-0.2, 0) is 0 Å². The number of H-pyrrole nitrogens is 1. The van der Waals surface area contributed by atoms with Crippen molar-refractivity contribution in [3.63, 3.8) is 0 Å². The summed E-state index contributed by atoms with van der Waals surface area (Å²) in [5, 5.41) is 10.1. The average molecular weight is 333 g/mol. The number of hydrogen-bond acceptors (Lipinski definition) is 3. The minimum atomic E-state index is 0. The Morgan fingerprint density at radius 3 is 2.87 bits per heavy atom. The molecule has 2 N–H and O–H groups in total. The van der Waals surface area contributed by atoms with Crippen molar-refractivity contribution >= 4 is 18.3 Å². The van der Waals surface area contributed by atoms with Crippen molar-refractivity contribution < 1.29 is 4.79 Å². The summed E-state index contributed by atoms with van der Waals surface area (Å²) in [7, 11) is 0. The topological polar surface area (TPSA) is 61.0 Å². The molecule has 3 atom stereocenters. The molecule has 6 heteroatoms. The maximum Gasteiger partial charge on any atom is 0.257 e. The zero-order chi connectivity index (χ0) is 15.1. The van der Waals surface area contributed by atoms with E-state index in [4.69, 9.17) is 0 Å². The molecule has 1 amide bonds. The lowest BCUT2D eigenvalue weighted by atomic mass is 9.87. The molecule has 4 rings (SSSR count). The quantitative estimate of drug-likeness (QED) is 0.886. The zero-order valence-electron chi connectivity index (χ0n) is 13.0. The minimum absolute atomic E-state index is 0. The molecule has 0 bridgehead atoms. The molecular weight excluding hydrogens is 312 g/mol. The molecule has 2 aromatic rings. The second-order valence-electron chi connectivity index (χ2n) is 6.33. The molecule has 122 valence electrons. The molecule has 5 nitrogen and oxygen atoms in total. The van der Waals surface area contributed by atoms with E-state index < -0.39 is 0 Å². The lowest BCUT2D eigenvalue weighted by Crippen LogP contribution is -2.34. The van der Waals surface area contributed by atoms with Gasteiger partial charge >= 0.3 is 0 Å². The number of carbonyl (C=O) groups excluding carboxylic acids is 1. The summed E-state index contributed by atoms with van der Waals surface area (Å²) in [5.41, 5.74) is 3.17. The normalized spacial score (nSPS) is 26.0. The molecule has 23 heavy (non-hydrogen) atoms. The lowest BCUT2D eigenvalue weighted by molar-refractivity contribution is 0.0714. The number of benzene rings is 1. The van der Waals surface area contributed by atoms with Gasteiger partial charge in [0.25, 0.3) is 5.91 Å². The fourth-order valence-electron chi connectivity index (χ4n) is 3.98. The molecule has 1 aromatic carbocycles. The number of halogens is 1. The summed E-state index contributed by atoms with van der Waals surface area (Å²) in [5.74, 6) is 1.12. The van der Waals surface area contributed by atoms with Gasteiger partial charge in [0, 0.05) is 31.7 Å². The van der Waals surface area contributed by atoms with E-state index in [-0.39, 0.29) is 24.4 Å². The largest absolute Gasteiger partial charge is 0.331 e. The molecule has 2 saturated heterocycles. The second kappa shape index (κ2) is 6.34. The van der Waals surface area contributed by atoms with E-state index in [0.29, 0.717) is 17.4 Å². The summed E-state index contributed by atoms with van der Waals surface area (Å²) in [6, 6.07) is 8.57. The summed E-state index contributed by atoms with van der Waals surface area (Å²) >= 11 is 0. The molecule has 0 unspecified atom stereocenters. The summed E-state index contributed by atoms with van der Waals surface area (Å²) in [4.78, 5) is 14.9. The highest BCUT2D eigenvalue weighted by molar-refractivity contribution is 5.94. The van der Waals surface area contributed by atoms with Gasteiger partial charge in [-0.25, -0.2) is 0 Å². The van der Waals surface area contributed by atoms with Crippen LogP contribution in [0.1, 0.15) is 27.5 Å². The van der Waals surface area contributed by atoms with Crippen molar-refractivity contribution in [1.29, 1.82) is 0 Å². The molecule has 2 fully saturated rings. The van der Waals surface area contributed by atoms with E-state index in [2.05, 4.69) is 46.7 Å². The Labute approximate surface area is 141 Å². The number of carbonyl (C=O) groups is 1. The first kappa shape index (κ1) is 16.0. The van der Waals surface area contributed by atoms with Gasteiger partial charge in [0.05, 0.1) is 17.8 Å². The van der Waals surface area contributed by atoms with Crippen LogP contribution in [0.4, 0.5) is 0 Å². The van der Waals surface area contributed by atoms with Crippen LogP contribution in [-0.4, -0.2) is 40.6 Å². The Kier molecular flexibility index (Phi) is 4.41. The number of aromatic amines is 1. The van der Waals surface area contributed by atoms with Crippen LogP contribution in [0.3, 0.4) is 0 Å². The van der Waals surface area contributed by atoms with Gasteiger partial charge in [-0.1, -0.05) is 24.3 Å². The standard InChI is InChI=1S/C17H20N4O.ClH/c1-11-4-2-3-5-14(11)16-15-9-18-6-13(15)10-21(16)17(22)12-7-19-20-8-12;/h2-5,7-8,13,15-16,18H,6,9-10H2,1H3,(H,19,20);1H/t13-,15-,16+;/m0./s1. The number of rotatable bonds is 2. The maximum atomic E-state index is 12.9. The van der Waals surface area contributed by atoms with Gasteiger partial charge in [0.15, 0.2) is 0 Å². The van der Waals surface area contributed by atoms with Crippen molar-refractivity contribution in [2.75, 3.05) is 19.6 Å². The molecule has 3 heterocycles. The number of aromatic nitrogens is 2. The fourth-order valence-corrected chi connectivity index (χ4v) is 3.98. The first-order chi connectivity index (χ1) is 10.8. The van der Waals surface area contributed by atoms with Crippen LogP contribution in [0.25, 0.3) is 0 Å². The number of nitrogens with zero attached hydrogens (tertiary/aromatic N) is 2. The number of nitrogens with one attached hydrogen (secondary N) is 2. The van der Waals surface area contributed by atoms with E-state index in [1.165, 1.54) is 11.1 Å². The van der Waals surface area contributed by atoms with Crippen molar-refractivity contribution in [2.45, 2.75) is 13.0 Å². The molecule has 0 spiro atoms. The summed E-state index contributed by atoms with van der Waals surface area (Å²) in [6.45, 7) is 4.94. The van der Waals surface area contributed by atoms with Gasteiger partial charge in [-0.15, -0.1) is 12.4 Å². The second-order valence-corrected chi connectivity index (χ2v) is 6.33. The first-order valence-electron chi connectivity index (χ1n) is 7.81. The van der Waals surface area contributed by atoms with Gasteiger partial charge in [0.1, 0.15) is 0 Å². The Bertz CT molecular complexity index is 688. The van der Waals surface area contributed by atoms with Gasteiger partial charge in [-0.05, 0) is 24.0 Å². The third kappa shape index (κ3) is 2.64. The number of likely N-dealkylation sites (tertiary alicyclic amines) is 1. The maximum absolute atomic E-state index is 12.9. The molecule has 0 saturated carbocycles. The van der Waals surface area contributed by atoms with Crippen molar-refractivity contribution in [3.8, 4) is 0 Å². The van der Waals surface area contributed by atoms with Crippen molar-refractivity contribution in [3.05, 3.63) is 53.3 Å². The third-order valence-corrected chi connectivity index (χ3v) is 5.08. The predicted molar refractivity (Wildman–Crippen MR) is 90.6 cm³/mol. The number of hydrogen-bond donors (Lipinski definition) is 2. The fraction of sp³-hybridized carbons (Fsp3) is 0.412. The van der Waals surface area contributed by atoms with Crippen molar-refractivity contribution in [1.82, 2.24) is 20.4 Å². The first-order valence-corrected chi connectivity index (χ1v) is 7.81. The average Bonchev–Trinajstić information content (AvgIpc) is 3.24. The highest BCUT2D eigenvalue weighted by Crippen LogP contribution is 2.44. The zero-order valence-corrected chi connectivity index (χ0v) is 13.8. The highest BCUT2D eigenvalue weighted by Gasteiger charge is 2.47.